The molecule has 0 radical (unpaired) electrons. The van der Waals surface area contributed by atoms with Crippen LogP contribution >= 0.6 is 0 Å². The molecule has 3 N–H and O–H groups in total. The van der Waals surface area contributed by atoms with Crippen LogP contribution in [0.5, 0.6) is 5.75 Å². The smallest absolute Gasteiger partial charge is 0.410 e. The highest BCUT2D eigenvalue weighted by molar-refractivity contribution is 7.77. The summed E-state index contributed by atoms with van der Waals surface area (Å²) in [6.07, 6.45) is -0.541. The highest BCUT2D eigenvalue weighted by atomic mass is 32.2. The van der Waals surface area contributed by atoms with Gasteiger partial charge in [0.15, 0.2) is 0 Å². The van der Waals surface area contributed by atoms with Crippen LogP contribution in [0.4, 0.5) is 4.79 Å². The van der Waals surface area contributed by atoms with Gasteiger partial charge in [0, 0.05) is 11.6 Å². The van der Waals surface area contributed by atoms with Crippen molar-refractivity contribution in [2.45, 2.75) is 39.3 Å². The van der Waals surface area contributed by atoms with Crippen molar-refractivity contribution in [3.63, 3.8) is 0 Å². The van der Waals surface area contributed by atoms with Crippen molar-refractivity contribution >= 4 is 17.4 Å². The van der Waals surface area contributed by atoms with Gasteiger partial charge >= 0.3 is 6.09 Å². The fraction of sp³-hybridized carbons (Fsp3) is 0.462. The lowest BCUT2D eigenvalue weighted by molar-refractivity contribution is 0.190. The molecule has 1 amide bonds. The zero-order valence-corrected chi connectivity index (χ0v) is 12.8. The number of benzene rings is 1. The number of hydrogen-bond donors (Lipinski definition) is 3. The molecule has 2 unspecified atom stereocenters. The van der Waals surface area contributed by atoms with Gasteiger partial charge in [0.1, 0.15) is 5.75 Å². The summed E-state index contributed by atoms with van der Waals surface area (Å²) < 4.78 is 27.1. The average Bonchev–Trinajstić information content (AvgIpc) is 2.25. The Balaban J connectivity index is 2.73. The predicted octanol–water partition coefficient (Wildman–Crippen LogP) is 2.36. The average molecular weight is 300 g/mol. The summed E-state index contributed by atoms with van der Waals surface area (Å²) >= 11 is -2.10. The number of hydrogen-bond acceptors (Lipinski definition) is 3. The highest BCUT2D eigenvalue weighted by Crippen LogP contribution is 2.19. The Labute approximate surface area is 121 Å². The van der Waals surface area contributed by atoms with Crippen molar-refractivity contribution in [2.24, 2.45) is 0 Å². The van der Waals surface area contributed by atoms with Crippen LogP contribution in [-0.2, 0) is 11.3 Å². The zero-order valence-electron chi connectivity index (χ0n) is 12.0. The molecule has 0 saturated heterocycles. The standard InChI is InChI=1S/C13H20N2O4S/c1-9(15-20(17)18)10-6-5-7-11(8-10)19-12(16)14-13(2,3)4/h5-9,15H,1-4H3,(H,14,16)(H,17,18). The molecule has 112 valence electrons. The molecule has 7 heteroatoms. The third-order valence-electron chi connectivity index (χ3n) is 2.32. The number of amides is 1. The second-order valence-electron chi connectivity index (χ2n) is 5.43. The summed E-state index contributed by atoms with van der Waals surface area (Å²) in [4.78, 5) is 11.6. The van der Waals surface area contributed by atoms with E-state index in [4.69, 9.17) is 9.29 Å². The molecule has 1 aromatic rings. The zero-order chi connectivity index (χ0) is 15.3. The molecule has 0 bridgehead atoms. The minimum absolute atomic E-state index is 0.338. The topological polar surface area (TPSA) is 87.7 Å². The van der Waals surface area contributed by atoms with Crippen molar-refractivity contribution in [3.05, 3.63) is 29.8 Å². The van der Waals surface area contributed by atoms with Crippen molar-refractivity contribution in [1.29, 1.82) is 0 Å². The second kappa shape index (κ2) is 6.83. The number of ether oxygens (including phenoxy) is 1. The van der Waals surface area contributed by atoms with Gasteiger partial charge in [-0.3, -0.25) is 4.55 Å². The summed E-state index contributed by atoms with van der Waals surface area (Å²) in [6, 6.07) is 6.45. The molecule has 1 aromatic carbocycles. The third-order valence-corrected chi connectivity index (χ3v) is 2.88. The summed E-state index contributed by atoms with van der Waals surface area (Å²) in [5, 5.41) is 2.68. The first kappa shape index (κ1) is 16.6. The molecule has 6 nitrogen and oxygen atoms in total. The van der Waals surface area contributed by atoms with E-state index in [2.05, 4.69) is 10.0 Å². The van der Waals surface area contributed by atoms with E-state index in [1.54, 1.807) is 31.2 Å². The Morgan fingerprint density at radius 2 is 2.05 bits per heavy atom. The van der Waals surface area contributed by atoms with Gasteiger partial charge in [-0.1, -0.05) is 12.1 Å². The lowest BCUT2D eigenvalue weighted by Gasteiger charge is -2.20. The second-order valence-corrected chi connectivity index (χ2v) is 6.16. The van der Waals surface area contributed by atoms with Gasteiger partial charge in [0.05, 0.1) is 0 Å². The highest BCUT2D eigenvalue weighted by Gasteiger charge is 2.16. The van der Waals surface area contributed by atoms with Crippen LogP contribution in [-0.4, -0.2) is 20.4 Å². The van der Waals surface area contributed by atoms with E-state index in [1.807, 2.05) is 20.8 Å². The van der Waals surface area contributed by atoms with Crippen LogP contribution in [0.25, 0.3) is 0 Å². The Morgan fingerprint density at radius 1 is 1.40 bits per heavy atom. The quantitative estimate of drug-likeness (QED) is 0.745. The molecule has 0 heterocycles. The monoisotopic (exact) mass is 300 g/mol. The molecule has 20 heavy (non-hydrogen) atoms. The fourth-order valence-corrected chi connectivity index (χ4v) is 1.94. The van der Waals surface area contributed by atoms with Crippen LogP contribution < -0.4 is 14.8 Å². The Bertz CT molecular complexity index is 499. The van der Waals surface area contributed by atoms with E-state index in [1.165, 1.54) is 0 Å². The minimum Gasteiger partial charge on any atom is -0.410 e. The van der Waals surface area contributed by atoms with Gasteiger partial charge in [0.2, 0.25) is 11.3 Å². The molecule has 2 atom stereocenters. The van der Waals surface area contributed by atoms with E-state index in [-0.39, 0.29) is 11.6 Å². The lowest BCUT2D eigenvalue weighted by atomic mass is 10.1. The third kappa shape index (κ3) is 6.14. The molecule has 0 aliphatic heterocycles. The summed E-state index contributed by atoms with van der Waals surface area (Å²) in [5.41, 5.74) is 0.366. The predicted molar refractivity (Wildman–Crippen MR) is 77.7 cm³/mol. The Kier molecular flexibility index (Phi) is 5.67. The first-order chi connectivity index (χ1) is 9.17. The fourth-order valence-electron chi connectivity index (χ4n) is 1.51. The van der Waals surface area contributed by atoms with Gasteiger partial charge in [0.25, 0.3) is 0 Å². The lowest BCUT2D eigenvalue weighted by Crippen LogP contribution is -2.42. The van der Waals surface area contributed by atoms with Crippen molar-refractivity contribution in [3.8, 4) is 5.75 Å². The van der Waals surface area contributed by atoms with Crippen LogP contribution in [0, 0.1) is 0 Å². The van der Waals surface area contributed by atoms with Crippen LogP contribution in [0.15, 0.2) is 24.3 Å². The molecule has 0 fully saturated rings. The van der Waals surface area contributed by atoms with Gasteiger partial charge in [-0.05, 0) is 45.4 Å². The molecular weight excluding hydrogens is 280 g/mol. The van der Waals surface area contributed by atoms with Crippen molar-refractivity contribution in [1.82, 2.24) is 10.0 Å². The molecule has 0 saturated carbocycles. The van der Waals surface area contributed by atoms with E-state index in [9.17, 15) is 9.00 Å². The van der Waals surface area contributed by atoms with E-state index >= 15 is 0 Å². The van der Waals surface area contributed by atoms with Gasteiger partial charge in [-0.25, -0.2) is 13.7 Å². The Morgan fingerprint density at radius 3 is 2.60 bits per heavy atom. The molecule has 0 spiro atoms. The van der Waals surface area contributed by atoms with Gasteiger partial charge < -0.3 is 10.1 Å². The largest absolute Gasteiger partial charge is 0.413 e. The van der Waals surface area contributed by atoms with E-state index in [0.29, 0.717) is 5.75 Å². The molecular formula is C13H20N2O4S. The van der Waals surface area contributed by atoms with Crippen LogP contribution in [0.3, 0.4) is 0 Å². The maximum absolute atomic E-state index is 11.6. The number of rotatable bonds is 4. The van der Waals surface area contributed by atoms with Crippen LogP contribution in [0.2, 0.25) is 0 Å². The first-order valence-electron chi connectivity index (χ1n) is 6.14. The number of nitrogens with one attached hydrogen (secondary N) is 2. The number of carbonyl (C=O) groups excluding carboxylic acids is 1. The van der Waals surface area contributed by atoms with Crippen LogP contribution in [0.1, 0.15) is 39.3 Å². The minimum atomic E-state index is -2.10. The Hall–Kier alpha value is -1.44. The van der Waals surface area contributed by atoms with Crippen molar-refractivity contribution < 1.29 is 18.3 Å². The van der Waals surface area contributed by atoms with Gasteiger partial charge in [-0.15, -0.1) is 0 Å². The molecule has 0 aromatic heterocycles. The SMILES string of the molecule is CC(NS(=O)O)c1cccc(OC(=O)NC(C)(C)C)c1. The van der Waals surface area contributed by atoms with Crippen molar-refractivity contribution in [2.75, 3.05) is 0 Å². The van der Waals surface area contributed by atoms with E-state index in [0.717, 1.165) is 5.56 Å². The first-order valence-corrected chi connectivity index (χ1v) is 7.25. The molecule has 0 aliphatic rings. The van der Waals surface area contributed by atoms with Gasteiger partial charge in [-0.2, -0.15) is 0 Å². The maximum atomic E-state index is 11.6. The maximum Gasteiger partial charge on any atom is 0.413 e. The molecule has 1 rings (SSSR count). The summed E-state index contributed by atoms with van der Waals surface area (Å²) in [7, 11) is 0. The summed E-state index contributed by atoms with van der Waals surface area (Å²) in [6.45, 7) is 7.30. The summed E-state index contributed by atoms with van der Waals surface area (Å²) in [5.74, 6) is 0.377. The normalized spacial score (nSPS) is 14.4. The van der Waals surface area contributed by atoms with E-state index < -0.39 is 17.4 Å². The molecule has 0 aliphatic carbocycles. The number of carbonyl (C=O) groups is 1.